The molecule has 3 aliphatic rings. The van der Waals surface area contributed by atoms with E-state index in [1.54, 1.807) is 0 Å². The summed E-state index contributed by atoms with van der Waals surface area (Å²) in [5.74, 6) is 0.328. The van der Waals surface area contributed by atoms with E-state index in [0.29, 0.717) is 25.0 Å². The van der Waals surface area contributed by atoms with E-state index in [4.69, 9.17) is 9.47 Å². The number of amides is 1. The minimum Gasteiger partial charge on any atom is -0.380 e. The molecule has 0 aromatic heterocycles. The van der Waals surface area contributed by atoms with Gasteiger partial charge in [-0.3, -0.25) is 4.79 Å². The van der Waals surface area contributed by atoms with Crippen molar-refractivity contribution >= 4 is 5.91 Å². The third kappa shape index (κ3) is 3.97. The van der Waals surface area contributed by atoms with E-state index in [1.165, 1.54) is 11.1 Å². The summed E-state index contributed by atoms with van der Waals surface area (Å²) in [4.78, 5) is 15.3. The van der Waals surface area contributed by atoms with E-state index >= 15 is 0 Å². The SMILES string of the molecule is O=C(CCCc1ccccc1)N1CCC[C@@]2(C3=CCOCC3)COCC[C@H]12. The van der Waals surface area contributed by atoms with Crippen LogP contribution in [0.25, 0.3) is 0 Å². The van der Waals surface area contributed by atoms with Crippen molar-refractivity contribution in [1.82, 2.24) is 4.90 Å². The number of hydrogen-bond acceptors (Lipinski definition) is 3. The van der Waals surface area contributed by atoms with E-state index < -0.39 is 0 Å². The lowest BCUT2D eigenvalue weighted by atomic mass is 9.65. The first-order valence-electron chi connectivity index (χ1n) is 10.5. The van der Waals surface area contributed by atoms with E-state index in [9.17, 15) is 4.79 Å². The number of nitrogens with zero attached hydrogens (tertiary/aromatic N) is 1. The van der Waals surface area contributed by atoms with Crippen molar-refractivity contribution in [2.24, 2.45) is 5.41 Å². The number of fused-ring (bicyclic) bond motifs is 1. The predicted octanol–water partition coefficient (Wildman–Crippen LogP) is 3.75. The highest BCUT2D eigenvalue weighted by Crippen LogP contribution is 2.48. The molecule has 146 valence electrons. The number of likely N-dealkylation sites (tertiary alicyclic amines) is 1. The summed E-state index contributed by atoms with van der Waals surface area (Å²) in [6, 6.07) is 10.8. The Morgan fingerprint density at radius 2 is 2.07 bits per heavy atom. The quantitative estimate of drug-likeness (QED) is 0.742. The molecule has 2 fully saturated rings. The van der Waals surface area contributed by atoms with Gasteiger partial charge in [-0.2, -0.15) is 0 Å². The lowest BCUT2D eigenvalue weighted by Crippen LogP contribution is -2.59. The number of hydrogen-bond donors (Lipinski definition) is 0. The highest BCUT2D eigenvalue weighted by atomic mass is 16.5. The van der Waals surface area contributed by atoms with E-state index in [1.807, 2.05) is 6.07 Å². The fourth-order valence-electron chi connectivity index (χ4n) is 5.21. The summed E-state index contributed by atoms with van der Waals surface area (Å²) in [7, 11) is 0. The summed E-state index contributed by atoms with van der Waals surface area (Å²) in [6.45, 7) is 3.93. The third-order valence-electron chi connectivity index (χ3n) is 6.55. The Morgan fingerprint density at radius 1 is 1.19 bits per heavy atom. The number of aryl methyl sites for hydroxylation is 1. The summed E-state index contributed by atoms with van der Waals surface area (Å²) in [5, 5.41) is 0. The molecule has 0 bridgehead atoms. The summed E-state index contributed by atoms with van der Waals surface area (Å²) in [6.07, 6.45) is 8.95. The normalized spacial score (nSPS) is 28.4. The molecule has 27 heavy (non-hydrogen) atoms. The van der Waals surface area contributed by atoms with Crippen LogP contribution in [-0.4, -0.2) is 49.8 Å². The fraction of sp³-hybridized carbons (Fsp3) is 0.609. The number of carbonyl (C=O) groups is 1. The Kier molecular flexibility index (Phi) is 5.94. The van der Waals surface area contributed by atoms with Crippen molar-refractivity contribution in [2.75, 3.05) is 33.0 Å². The average Bonchev–Trinajstić information content (AvgIpc) is 2.74. The molecule has 1 aromatic rings. The van der Waals surface area contributed by atoms with Gasteiger partial charge in [0.2, 0.25) is 5.91 Å². The lowest BCUT2D eigenvalue weighted by Gasteiger charge is -2.54. The molecule has 0 N–H and O–H groups in total. The zero-order chi connectivity index (χ0) is 18.5. The van der Waals surface area contributed by atoms with Gasteiger partial charge in [-0.05, 0) is 44.1 Å². The van der Waals surface area contributed by atoms with Crippen molar-refractivity contribution in [3.05, 3.63) is 47.5 Å². The van der Waals surface area contributed by atoms with Crippen LogP contribution in [0.1, 0.15) is 44.1 Å². The molecule has 1 amide bonds. The van der Waals surface area contributed by atoms with Crippen molar-refractivity contribution < 1.29 is 14.3 Å². The van der Waals surface area contributed by atoms with Gasteiger partial charge in [0.1, 0.15) is 0 Å². The van der Waals surface area contributed by atoms with Crippen LogP contribution in [0.2, 0.25) is 0 Å². The van der Waals surface area contributed by atoms with Crippen LogP contribution < -0.4 is 0 Å². The molecule has 3 aliphatic heterocycles. The standard InChI is InChI=1S/C23H31NO3/c25-22(9-4-8-19-6-2-1-3-7-19)24-14-5-13-23(18-27-17-12-21(23)24)20-10-15-26-16-11-20/h1-3,6-7,10,21H,4-5,8-9,11-18H2/t21-,23-/m0/s1. The van der Waals surface area contributed by atoms with Gasteiger partial charge >= 0.3 is 0 Å². The molecule has 2 saturated heterocycles. The van der Waals surface area contributed by atoms with Gasteiger partial charge in [-0.25, -0.2) is 0 Å². The Bertz CT molecular complexity index is 667. The molecule has 4 nitrogen and oxygen atoms in total. The van der Waals surface area contributed by atoms with Crippen molar-refractivity contribution in [1.29, 1.82) is 0 Å². The van der Waals surface area contributed by atoms with Gasteiger partial charge in [0.15, 0.2) is 0 Å². The maximum atomic E-state index is 13.1. The second kappa shape index (κ2) is 8.57. The number of ether oxygens (including phenoxy) is 2. The predicted molar refractivity (Wildman–Crippen MR) is 106 cm³/mol. The molecule has 0 saturated carbocycles. The second-order valence-corrected chi connectivity index (χ2v) is 8.10. The Hall–Kier alpha value is -1.65. The summed E-state index contributed by atoms with van der Waals surface area (Å²) < 4.78 is 11.5. The van der Waals surface area contributed by atoms with E-state index in [0.717, 1.165) is 64.9 Å². The van der Waals surface area contributed by atoms with Gasteiger partial charge in [0.05, 0.1) is 19.8 Å². The zero-order valence-electron chi connectivity index (χ0n) is 16.2. The summed E-state index contributed by atoms with van der Waals surface area (Å²) in [5.41, 5.74) is 2.81. The topological polar surface area (TPSA) is 38.8 Å². The van der Waals surface area contributed by atoms with Crippen LogP contribution in [0.3, 0.4) is 0 Å². The number of carbonyl (C=O) groups excluding carboxylic acids is 1. The van der Waals surface area contributed by atoms with E-state index in [2.05, 4.69) is 35.2 Å². The molecule has 4 rings (SSSR count). The van der Waals surface area contributed by atoms with Gasteiger partial charge in [-0.15, -0.1) is 0 Å². The molecule has 0 unspecified atom stereocenters. The first kappa shape index (κ1) is 18.7. The molecule has 2 atom stereocenters. The maximum absolute atomic E-state index is 13.1. The number of rotatable bonds is 5. The highest BCUT2D eigenvalue weighted by molar-refractivity contribution is 5.77. The van der Waals surface area contributed by atoms with Crippen LogP contribution in [0.5, 0.6) is 0 Å². The minimum absolute atomic E-state index is 0.0232. The summed E-state index contributed by atoms with van der Waals surface area (Å²) >= 11 is 0. The number of piperidine rings is 1. The molecular formula is C23H31NO3. The van der Waals surface area contributed by atoms with E-state index in [-0.39, 0.29) is 5.41 Å². The van der Waals surface area contributed by atoms with Crippen LogP contribution in [0.4, 0.5) is 0 Å². The fourth-order valence-corrected chi connectivity index (χ4v) is 5.21. The Morgan fingerprint density at radius 3 is 2.89 bits per heavy atom. The Labute approximate surface area is 162 Å². The smallest absolute Gasteiger partial charge is 0.222 e. The van der Waals surface area contributed by atoms with Crippen LogP contribution >= 0.6 is 0 Å². The molecule has 4 heteroatoms. The van der Waals surface area contributed by atoms with Gasteiger partial charge < -0.3 is 14.4 Å². The molecule has 0 radical (unpaired) electrons. The molecule has 1 aromatic carbocycles. The van der Waals surface area contributed by atoms with Crippen molar-refractivity contribution in [3.8, 4) is 0 Å². The van der Waals surface area contributed by atoms with Crippen LogP contribution in [0.15, 0.2) is 42.0 Å². The lowest BCUT2D eigenvalue weighted by molar-refractivity contribution is -0.147. The molecule has 0 aliphatic carbocycles. The largest absolute Gasteiger partial charge is 0.380 e. The average molecular weight is 370 g/mol. The van der Waals surface area contributed by atoms with Gasteiger partial charge in [-0.1, -0.05) is 42.0 Å². The van der Waals surface area contributed by atoms with Crippen molar-refractivity contribution in [3.63, 3.8) is 0 Å². The van der Waals surface area contributed by atoms with Crippen molar-refractivity contribution in [2.45, 2.75) is 51.0 Å². The highest BCUT2D eigenvalue weighted by Gasteiger charge is 2.50. The monoisotopic (exact) mass is 369 g/mol. The van der Waals surface area contributed by atoms with Crippen LogP contribution in [0, 0.1) is 5.41 Å². The van der Waals surface area contributed by atoms with Gasteiger partial charge in [0.25, 0.3) is 0 Å². The first-order chi connectivity index (χ1) is 13.3. The molecule has 0 spiro atoms. The van der Waals surface area contributed by atoms with Crippen LogP contribution in [-0.2, 0) is 20.7 Å². The minimum atomic E-state index is 0.0232. The molecular weight excluding hydrogens is 338 g/mol. The first-order valence-corrected chi connectivity index (χ1v) is 10.5. The third-order valence-corrected chi connectivity index (χ3v) is 6.55. The molecule has 3 heterocycles. The Balaban J connectivity index is 1.44. The zero-order valence-corrected chi connectivity index (χ0v) is 16.2. The number of benzene rings is 1. The maximum Gasteiger partial charge on any atom is 0.222 e. The van der Waals surface area contributed by atoms with Gasteiger partial charge in [0, 0.05) is 31.0 Å². The second-order valence-electron chi connectivity index (χ2n) is 8.10.